The molecule has 0 unspecified atom stereocenters. The van der Waals surface area contributed by atoms with Gasteiger partial charge in [-0.05, 0) is 80.4 Å². The summed E-state index contributed by atoms with van der Waals surface area (Å²) in [7, 11) is 2.02. The zero-order valence-corrected chi connectivity index (χ0v) is 17.1. The van der Waals surface area contributed by atoms with Crippen molar-refractivity contribution in [3.05, 3.63) is 54.1 Å². The Kier molecular flexibility index (Phi) is 6.93. The number of benzene rings is 2. The van der Waals surface area contributed by atoms with E-state index in [9.17, 15) is 0 Å². The van der Waals surface area contributed by atoms with Gasteiger partial charge < -0.3 is 19.9 Å². The fraction of sp³-hybridized carbons (Fsp3) is 0.409. The predicted octanol–water partition coefficient (Wildman–Crippen LogP) is 4.90. The molecular weight excluding hydrogens is 354 g/mol. The number of piperidine rings is 1. The van der Waals surface area contributed by atoms with Gasteiger partial charge in [0.05, 0.1) is 6.61 Å². The summed E-state index contributed by atoms with van der Waals surface area (Å²) in [5, 5.41) is 4.00. The zero-order chi connectivity index (χ0) is 19.1. The van der Waals surface area contributed by atoms with Crippen molar-refractivity contribution in [1.82, 2.24) is 4.90 Å². The molecular formula is C22H29N3OS. The molecule has 1 heterocycles. The van der Waals surface area contributed by atoms with Crippen LogP contribution in [0.2, 0.25) is 0 Å². The van der Waals surface area contributed by atoms with Crippen molar-refractivity contribution in [2.24, 2.45) is 0 Å². The molecule has 4 nitrogen and oxygen atoms in total. The lowest BCUT2D eigenvalue weighted by atomic mass is 10.1. The molecule has 0 spiro atoms. The van der Waals surface area contributed by atoms with Gasteiger partial charge in [-0.1, -0.05) is 12.1 Å². The lowest BCUT2D eigenvalue weighted by Gasteiger charge is -2.29. The van der Waals surface area contributed by atoms with E-state index in [1.807, 2.05) is 38.2 Å². The highest BCUT2D eigenvalue weighted by Crippen LogP contribution is 2.21. The van der Waals surface area contributed by atoms with E-state index in [2.05, 4.69) is 39.4 Å². The SMILES string of the molecule is CCOc1ccc(NC(=S)N(C)Cc2ccc(N3CCCCC3)cc2)cc1. The van der Waals surface area contributed by atoms with E-state index in [-0.39, 0.29) is 0 Å². The molecule has 0 amide bonds. The van der Waals surface area contributed by atoms with Crippen molar-refractivity contribution in [2.75, 3.05) is 37.0 Å². The summed E-state index contributed by atoms with van der Waals surface area (Å²) in [6.07, 6.45) is 3.96. The first-order chi connectivity index (χ1) is 13.2. The topological polar surface area (TPSA) is 27.7 Å². The second kappa shape index (κ2) is 9.60. The average Bonchev–Trinajstić information content (AvgIpc) is 2.71. The molecule has 0 radical (unpaired) electrons. The molecule has 3 rings (SSSR count). The van der Waals surface area contributed by atoms with Gasteiger partial charge in [0.25, 0.3) is 0 Å². The molecule has 0 atom stereocenters. The van der Waals surface area contributed by atoms with E-state index in [0.29, 0.717) is 11.7 Å². The molecule has 1 saturated heterocycles. The molecule has 1 aliphatic heterocycles. The molecule has 5 heteroatoms. The monoisotopic (exact) mass is 383 g/mol. The number of ether oxygens (including phenoxy) is 1. The van der Waals surface area contributed by atoms with Gasteiger partial charge in [-0.2, -0.15) is 0 Å². The molecule has 1 N–H and O–H groups in total. The third-order valence-corrected chi connectivity index (χ3v) is 5.25. The van der Waals surface area contributed by atoms with Gasteiger partial charge in [-0.15, -0.1) is 0 Å². The van der Waals surface area contributed by atoms with Crippen LogP contribution < -0.4 is 15.0 Å². The van der Waals surface area contributed by atoms with E-state index >= 15 is 0 Å². The van der Waals surface area contributed by atoms with Gasteiger partial charge in [0.1, 0.15) is 5.75 Å². The van der Waals surface area contributed by atoms with Gasteiger partial charge in [-0.25, -0.2) is 0 Å². The van der Waals surface area contributed by atoms with E-state index in [1.54, 1.807) is 0 Å². The lowest BCUT2D eigenvalue weighted by molar-refractivity contribution is 0.340. The van der Waals surface area contributed by atoms with Crippen LogP contribution in [-0.2, 0) is 6.54 Å². The maximum atomic E-state index is 5.55. The first-order valence-corrected chi connectivity index (χ1v) is 10.2. The standard InChI is InChI=1S/C22H29N3OS/c1-3-26-21-13-9-19(10-14-21)23-22(27)24(2)17-18-7-11-20(12-8-18)25-15-5-4-6-16-25/h7-14H,3-6,15-17H2,1-2H3,(H,23,27). The Hall–Kier alpha value is -2.27. The molecule has 1 fully saturated rings. The molecule has 0 aliphatic carbocycles. The van der Waals surface area contributed by atoms with Crippen molar-refractivity contribution in [1.29, 1.82) is 0 Å². The highest BCUT2D eigenvalue weighted by molar-refractivity contribution is 7.80. The molecule has 2 aromatic rings. The highest BCUT2D eigenvalue weighted by Gasteiger charge is 2.11. The van der Waals surface area contributed by atoms with Gasteiger partial charge in [0, 0.05) is 38.1 Å². The van der Waals surface area contributed by atoms with Crippen LogP contribution in [0.25, 0.3) is 0 Å². The first kappa shape index (κ1) is 19.5. The number of nitrogens with one attached hydrogen (secondary N) is 1. The molecule has 1 aliphatic rings. The Balaban J connectivity index is 1.52. The fourth-order valence-corrected chi connectivity index (χ4v) is 3.51. The summed E-state index contributed by atoms with van der Waals surface area (Å²) in [4.78, 5) is 4.54. The van der Waals surface area contributed by atoms with Crippen LogP contribution in [0, 0.1) is 0 Å². The van der Waals surface area contributed by atoms with Crippen LogP contribution >= 0.6 is 12.2 Å². The number of hydrogen-bond donors (Lipinski definition) is 1. The molecule has 0 saturated carbocycles. The minimum absolute atomic E-state index is 0.671. The van der Waals surface area contributed by atoms with Crippen LogP contribution in [0.1, 0.15) is 31.7 Å². The van der Waals surface area contributed by atoms with E-state index < -0.39 is 0 Å². The Labute approximate surface area is 168 Å². The van der Waals surface area contributed by atoms with E-state index in [0.717, 1.165) is 18.0 Å². The summed E-state index contributed by atoms with van der Waals surface area (Å²) in [6.45, 7) is 5.79. The van der Waals surface area contributed by atoms with Crippen molar-refractivity contribution < 1.29 is 4.74 Å². The number of nitrogens with zero attached hydrogens (tertiary/aromatic N) is 2. The van der Waals surface area contributed by atoms with Crippen molar-refractivity contribution in [3.63, 3.8) is 0 Å². The Morgan fingerprint density at radius 3 is 2.33 bits per heavy atom. The number of hydrogen-bond acceptors (Lipinski definition) is 3. The minimum Gasteiger partial charge on any atom is -0.494 e. The lowest BCUT2D eigenvalue weighted by Crippen LogP contribution is -2.31. The van der Waals surface area contributed by atoms with Crippen LogP contribution in [0.5, 0.6) is 5.75 Å². The van der Waals surface area contributed by atoms with Crippen molar-refractivity contribution in [3.8, 4) is 5.75 Å². The molecule has 2 aromatic carbocycles. The van der Waals surface area contributed by atoms with Gasteiger partial charge in [0.15, 0.2) is 5.11 Å². The van der Waals surface area contributed by atoms with Crippen molar-refractivity contribution >= 4 is 28.7 Å². The average molecular weight is 384 g/mol. The van der Waals surface area contributed by atoms with Gasteiger partial charge in [0.2, 0.25) is 0 Å². The zero-order valence-electron chi connectivity index (χ0n) is 16.3. The summed E-state index contributed by atoms with van der Waals surface area (Å²) in [5.74, 6) is 0.871. The van der Waals surface area contributed by atoms with Gasteiger partial charge >= 0.3 is 0 Å². The smallest absolute Gasteiger partial charge is 0.173 e. The summed E-state index contributed by atoms with van der Waals surface area (Å²) in [6, 6.07) is 16.8. The number of thiocarbonyl (C=S) groups is 1. The van der Waals surface area contributed by atoms with Gasteiger partial charge in [-0.3, -0.25) is 0 Å². The van der Waals surface area contributed by atoms with Crippen LogP contribution in [-0.4, -0.2) is 36.8 Å². The van der Waals surface area contributed by atoms with Crippen LogP contribution in [0.3, 0.4) is 0 Å². The van der Waals surface area contributed by atoms with Crippen LogP contribution in [0.15, 0.2) is 48.5 Å². The maximum absolute atomic E-state index is 5.55. The Morgan fingerprint density at radius 2 is 1.70 bits per heavy atom. The number of anilines is 2. The fourth-order valence-electron chi connectivity index (χ4n) is 3.33. The summed E-state index contributed by atoms with van der Waals surface area (Å²) in [5.41, 5.74) is 3.56. The third-order valence-electron chi connectivity index (χ3n) is 4.84. The Morgan fingerprint density at radius 1 is 1.04 bits per heavy atom. The first-order valence-electron chi connectivity index (χ1n) is 9.74. The quantitative estimate of drug-likeness (QED) is 0.716. The van der Waals surface area contributed by atoms with Crippen molar-refractivity contribution in [2.45, 2.75) is 32.7 Å². The summed E-state index contributed by atoms with van der Waals surface area (Å²) < 4.78 is 5.47. The minimum atomic E-state index is 0.671. The maximum Gasteiger partial charge on any atom is 0.173 e. The van der Waals surface area contributed by atoms with E-state index in [1.165, 1.54) is 43.6 Å². The Bertz CT molecular complexity index is 724. The molecule has 0 bridgehead atoms. The second-order valence-corrected chi connectivity index (χ2v) is 7.34. The van der Waals surface area contributed by atoms with E-state index in [4.69, 9.17) is 17.0 Å². The largest absolute Gasteiger partial charge is 0.494 e. The molecule has 144 valence electrons. The summed E-state index contributed by atoms with van der Waals surface area (Å²) >= 11 is 5.55. The third kappa shape index (κ3) is 5.60. The van der Waals surface area contributed by atoms with Crippen LogP contribution in [0.4, 0.5) is 11.4 Å². The molecule has 27 heavy (non-hydrogen) atoms. The highest BCUT2D eigenvalue weighted by atomic mass is 32.1. The number of rotatable bonds is 6. The predicted molar refractivity (Wildman–Crippen MR) is 118 cm³/mol. The second-order valence-electron chi connectivity index (χ2n) is 6.96. The normalized spacial score (nSPS) is 13.9. The molecule has 0 aromatic heterocycles.